The van der Waals surface area contributed by atoms with Crippen LogP contribution in [0, 0.1) is 12.8 Å². The quantitative estimate of drug-likeness (QED) is 0.676. The fourth-order valence-electron chi connectivity index (χ4n) is 3.49. The van der Waals surface area contributed by atoms with Gasteiger partial charge in [-0.1, -0.05) is 29.8 Å². The lowest BCUT2D eigenvalue weighted by Crippen LogP contribution is -2.39. The number of carbonyl (C=O) groups excluding carboxylic acids is 1. The van der Waals surface area contributed by atoms with Crippen LogP contribution in [-0.4, -0.2) is 38.0 Å². The van der Waals surface area contributed by atoms with Crippen molar-refractivity contribution in [2.24, 2.45) is 5.92 Å². The van der Waals surface area contributed by atoms with Gasteiger partial charge < -0.3 is 5.32 Å². The van der Waals surface area contributed by atoms with E-state index in [1.54, 1.807) is 28.2 Å². The summed E-state index contributed by atoms with van der Waals surface area (Å²) in [6.45, 7) is 3.38. The fraction of sp³-hybridized carbons (Fsp3) is 0.409. The van der Waals surface area contributed by atoms with E-state index in [0.717, 1.165) is 11.1 Å². The molecule has 5 nitrogen and oxygen atoms in total. The van der Waals surface area contributed by atoms with E-state index < -0.39 is 10.0 Å². The topological polar surface area (TPSA) is 66.5 Å². The first-order valence-corrected chi connectivity index (χ1v) is 12.5. The van der Waals surface area contributed by atoms with E-state index in [1.807, 2.05) is 37.4 Å². The number of piperidine rings is 1. The molecule has 0 bridgehead atoms. The Balaban J connectivity index is 1.46. The monoisotopic (exact) mass is 432 g/mol. The SMILES string of the molecule is CSc1ccc(CNC(=O)CC2CCN(S(=O)(=O)c3ccc(C)cc3)CC2)cc1. The first-order chi connectivity index (χ1) is 13.9. The second-order valence-corrected chi connectivity index (χ2v) is 10.3. The van der Waals surface area contributed by atoms with Gasteiger partial charge in [-0.05, 0) is 61.8 Å². The van der Waals surface area contributed by atoms with Crippen LogP contribution < -0.4 is 5.32 Å². The molecule has 1 N–H and O–H groups in total. The predicted molar refractivity (Wildman–Crippen MR) is 117 cm³/mol. The molecule has 0 radical (unpaired) electrons. The number of nitrogens with zero attached hydrogens (tertiary/aromatic N) is 1. The van der Waals surface area contributed by atoms with Gasteiger partial charge in [-0.3, -0.25) is 4.79 Å². The Hall–Kier alpha value is -1.83. The fourth-order valence-corrected chi connectivity index (χ4v) is 5.37. The van der Waals surface area contributed by atoms with Crippen molar-refractivity contribution < 1.29 is 13.2 Å². The standard InChI is InChI=1S/C22H28N2O3S2/c1-17-3-9-21(10-4-17)29(26,27)24-13-11-18(12-14-24)15-22(25)23-16-19-5-7-20(28-2)8-6-19/h3-10,18H,11-16H2,1-2H3,(H,23,25). The zero-order valence-electron chi connectivity index (χ0n) is 16.9. The number of carbonyl (C=O) groups is 1. The molecule has 1 aliphatic heterocycles. The normalized spacial score (nSPS) is 15.9. The van der Waals surface area contributed by atoms with Crippen molar-refractivity contribution in [3.8, 4) is 0 Å². The van der Waals surface area contributed by atoms with Crippen LogP contribution in [0.25, 0.3) is 0 Å². The summed E-state index contributed by atoms with van der Waals surface area (Å²) >= 11 is 1.69. The van der Waals surface area contributed by atoms with Crippen molar-refractivity contribution in [2.45, 2.75) is 42.5 Å². The minimum absolute atomic E-state index is 0.0267. The molecule has 156 valence electrons. The molecule has 0 unspecified atom stereocenters. The van der Waals surface area contributed by atoms with E-state index in [0.29, 0.717) is 43.8 Å². The van der Waals surface area contributed by atoms with Gasteiger partial charge in [0.1, 0.15) is 0 Å². The lowest BCUT2D eigenvalue weighted by molar-refractivity contribution is -0.122. The molecule has 7 heteroatoms. The van der Waals surface area contributed by atoms with Crippen molar-refractivity contribution in [1.29, 1.82) is 0 Å². The van der Waals surface area contributed by atoms with Crippen molar-refractivity contribution in [2.75, 3.05) is 19.3 Å². The average molecular weight is 433 g/mol. The molecular weight excluding hydrogens is 404 g/mol. The van der Waals surface area contributed by atoms with Crippen molar-refractivity contribution >= 4 is 27.7 Å². The van der Waals surface area contributed by atoms with E-state index in [9.17, 15) is 13.2 Å². The summed E-state index contributed by atoms with van der Waals surface area (Å²) in [6.07, 6.45) is 3.90. The third-order valence-electron chi connectivity index (χ3n) is 5.36. The third kappa shape index (κ3) is 5.84. The summed E-state index contributed by atoms with van der Waals surface area (Å²) in [5, 5.41) is 2.98. The van der Waals surface area contributed by atoms with E-state index >= 15 is 0 Å². The molecule has 1 amide bonds. The number of sulfonamides is 1. The molecule has 3 rings (SSSR count). The van der Waals surface area contributed by atoms with Crippen LogP contribution in [0.15, 0.2) is 58.3 Å². The molecule has 2 aromatic rings. The number of nitrogens with one attached hydrogen (secondary N) is 1. The average Bonchev–Trinajstić information content (AvgIpc) is 2.73. The van der Waals surface area contributed by atoms with E-state index in [1.165, 1.54) is 4.90 Å². The minimum atomic E-state index is -3.45. The predicted octanol–water partition coefficient (Wildman–Crippen LogP) is 3.82. The Kier molecular flexibility index (Phi) is 7.38. The van der Waals surface area contributed by atoms with Gasteiger partial charge in [0.2, 0.25) is 15.9 Å². The zero-order chi connectivity index (χ0) is 20.9. The number of rotatable bonds is 7. The maximum absolute atomic E-state index is 12.8. The molecule has 1 fully saturated rings. The largest absolute Gasteiger partial charge is 0.352 e. The molecule has 2 aromatic carbocycles. The lowest BCUT2D eigenvalue weighted by Gasteiger charge is -2.31. The van der Waals surface area contributed by atoms with Gasteiger partial charge >= 0.3 is 0 Å². The maximum atomic E-state index is 12.8. The van der Waals surface area contributed by atoms with Crippen LogP contribution >= 0.6 is 11.8 Å². The van der Waals surface area contributed by atoms with Gasteiger partial charge in [-0.2, -0.15) is 4.31 Å². The van der Waals surface area contributed by atoms with Crippen LogP contribution in [0.3, 0.4) is 0 Å². The van der Waals surface area contributed by atoms with Gasteiger partial charge in [-0.25, -0.2) is 8.42 Å². The Morgan fingerprint density at radius 2 is 1.69 bits per heavy atom. The van der Waals surface area contributed by atoms with Crippen LogP contribution in [0.2, 0.25) is 0 Å². The van der Waals surface area contributed by atoms with Crippen molar-refractivity contribution in [3.63, 3.8) is 0 Å². The number of benzene rings is 2. The summed E-state index contributed by atoms with van der Waals surface area (Å²) in [5.41, 5.74) is 2.11. The Morgan fingerprint density at radius 3 is 2.28 bits per heavy atom. The highest BCUT2D eigenvalue weighted by molar-refractivity contribution is 7.98. The van der Waals surface area contributed by atoms with Gasteiger partial charge in [-0.15, -0.1) is 11.8 Å². The molecule has 0 atom stereocenters. The Morgan fingerprint density at radius 1 is 1.07 bits per heavy atom. The first-order valence-electron chi connectivity index (χ1n) is 9.85. The summed E-state index contributed by atoms with van der Waals surface area (Å²) in [5.74, 6) is 0.247. The summed E-state index contributed by atoms with van der Waals surface area (Å²) < 4.78 is 27.1. The maximum Gasteiger partial charge on any atom is 0.243 e. The van der Waals surface area contributed by atoms with Crippen LogP contribution in [-0.2, 0) is 21.4 Å². The summed E-state index contributed by atoms with van der Waals surface area (Å²) in [4.78, 5) is 13.8. The van der Waals surface area contributed by atoms with Gasteiger partial charge in [0.25, 0.3) is 0 Å². The van der Waals surface area contributed by atoms with Crippen LogP contribution in [0.1, 0.15) is 30.4 Å². The van der Waals surface area contributed by atoms with Crippen LogP contribution in [0.4, 0.5) is 0 Å². The first kappa shape index (κ1) is 21.9. The van der Waals surface area contributed by atoms with Gasteiger partial charge in [0.15, 0.2) is 0 Å². The smallest absolute Gasteiger partial charge is 0.243 e. The Labute approximate surface area is 177 Å². The Bertz CT molecular complexity index is 918. The van der Waals surface area contributed by atoms with E-state index in [4.69, 9.17) is 0 Å². The van der Waals surface area contributed by atoms with Gasteiger partial charge in [0.05, 0.1) is 4.90 Å². The second-order valence-electron chi connectivity index (χ2n) is 7.49. The number of hydrogen-bond acceptors (Lipinski definition) is 4. The highest BCUT2D eigenvalue weighted by atomic mass is 32.2. The third-order valence-corrected chi connectivity index (χ3v) is 8.01. The van der Waals surface area contributed by atoms with Gasteiger partial charge in [0, 0.05) is 31.0 Å². The number of thioether (sulfide) groups is 1. The molecule has 1 heterocycles. The molecule has 1 aliphatic rings. The lowest BCUT2D eigenvalue weighted by atomic mass is 9.94. The molecular formula is C22H28N2O3S2. The van der Waals surface area contributed by atoms with E-state index in [2.05, 4.69) is 17.4 Å². The molecule has 0 aliphatic carbocycles. The number of amides is 1. The molecule has 1 saturated heterocycles. The highest BCUT2D eigenvalue weighted by Gasteiger charge is 2.30. The molecule has 29 heavy (non-hydrogen) atoms. The zero-order valence-corrected chi connectivity index (χ0v) is 18.6. The highest BCUT2D eigenvalue weighted by Crippen LogP contribution is 2.26. The molecule has 0 saturated carbocycles. The summed E-state index contributed by atoms with van der Waals surface area (Å²) in [7, 11) is -3.45. The molecule has 0 spiro atoms. The number of hydrogen-bond donors (Lipinski definition) is 1. The van der Waals surface area contributed by atoms with E-state index in [-0.39, 0.29) is 11.8 Å². The number of aryl methyl sites for hydroxylation is 1. The summed E-state index contributed by atoms with van der Waals surface area (Å²) in [6, 6.07) is 15.1. The van der Waals surface area contributed by atoms with Crippen molar-refractivity contribution in [3.05, 3.63) is 59.7 Å². The van der Waals surface area contributed by atoms with Crippen LogP contribution in [0.5, 0.6) is 0 Å². The minimum Gasteiger partial charge on any atom is -0.352 e. The van der Waals surface area contributed by atoms with Crippen molar-refractivity contribution in [1.82, 2.24) is 9.62 Å². The molecule has 0 aromatic heterocycles. The second kappa shape index (κ2) is 9.78.